The molecule has 2 saturated heterocycles. The van der Waals surface area contributed by atoms with Gasteiger partial charge in [0.2, 0.25) is 0 Å². The van der Waals surface area contributed by atoms with Crippen LogP contribution in [0.4, 0.5) is 0 Å². The van der Waals surface area contributed by atoms with Crippen molar-refractivity contribution in [3.63, 3.8) is 0 Å². The second kappa shape index (κ2) is 0.928. The average Bonchev–Trinajstić information content (AvgIpc) is 2.17. The molecule has 0 saturated carbocycles. The highest BCUT2D eigenvalue weighted by Crippen LogP contribution is 2.42. The maximum absolute atomic E-state index is 5.12. The van der Waals surface area contributed by atoms with Crippen molar-refractivity contribution >= 4 is 11.8 Å². The molecule has 0 spiro atoms. The molecule has 1 nitrogen and oxygen atoms in total. The number of thioether (sulfide) groups is 1. The van der Waals surface area contributed by atoms with E-state index in [9.17, 15) is 0 Å². The Morgan fingerprint density at radius 2 is 2.67 bits per heavy atom. The molecule has 0 radical (unpaired) electrons. The molecule has 2 heterocycles. The third-order valence-corrected chi connectivity index (χ3v) is 2.43. The van der Waals surface area contributed by atoms with Crippen molar-refractivity contribution in [3.8, 4) is 0 Å². The van der Waals surface area contributed by atoms with Crippen molar-refractivity contribution < 1.29 is 4.74 Å². The van der Waals surface area contributed by atoms with Crippen LogP contribution in [0.2, 0.25) is 0 Å². The summed E-state index contributed by atoms with van der Waals surface area (Å²) in [6, 6.07) is 0. The van der Waals surface area contributed by atoms with Crippen LogP contribution in [0.3, 0.4) is 0 Å². The first-order valence-electron chi connectivity index (χ1n) is 2.24. The Labute approximate surface area is 41.1 Å². The number of epoxide rings is 1. The minimum atomic E-state index is 0.630. The van der Waals surface area contributed by atoms with Gasteiger partial charge < -0.3 is 4.74 Å². The highest BCUT2D eigenvalue weighted by molar-refractivity contribution is 8.00. The number of rotatable bonds is 0. The molecule has 0 amide bonds. The summed E-state index contributed by atoms with van der Waals surface area (Å²) in [7, 11) is 0. The number of fused-ring (bicyclic) bond motifs is 1. The molecule has 2 aliphatic heterocycles. The Balaban J connectivity index is 2.09. The van der Waals surface area contributed by atoms with Crippen LogP contribution in [0.1, 0.15) is 6.42 Å². The first kappa shape index (κ1) is 3.33. The van der Waals surface area contributed by atoms with Crippen LogP contribution in [0, 0.1) is 0 Å². The van der Waals surface area contributed by atoms with E-state index < -0.39 is 0 Å². The van der Waals surface area contributed by atoms with E-state index in [-0.39, 0.29) is 0 Å². The lowest BCUT2D eigenvalue weighted by Crippen LogP contribution is -1.77. The molecule has 0 bridgehead atoms. The quantitative estimate of drug-likeness (QED) is 0.420. The molecule has 0 aliphatic carbocycles. The second-order valence-corrected chi connectivity index (χ2v) is 2.91. The first-order chi connectivity index (χ1) is 2.97. The third-order valence-electron chi connectivity index (χ3n) is 1.22. The topological polar surface area (TPSA) is 12.5 Å². The summed E-state index contributed by atoms with van der Waals surface area (Å²) in [6.45, 7) is 0. The average molecular weight is 102 g/mol. The van der Waals surface area contributed by atoms with E-state index in [0.717, 1.165) is 0 Å². The zero-order valence-electron chi connectivity index (χ0n) is 3.39. The Hall–Kier alpha value is 0.310. The smallest absolute Gasteiger partial charge is 0.130 e. The molecule has 2 heteroatoms. The van der Waals surface area contributed by atoms with Gasteiger partial charge in [-0.2, -0.15) is 0 Å². The molecule has 34 valence electrons. The van der Waals surface area contributed by atoms with Crippen LogP contribution >= 0.6 is 11.8 Å². The largest absolute Gasteiger partial charge is 0.358 e. The van der Waals surface area contributed by atoms with Crippen LogP contribution in [-0.4, -0.2) is 17.3 Å². The molecule has 0 aromatic carbocycles. The van der Waals surface area contributed by atoms with Gasteiger partial charge in [0.25, 0.3) is 0 Å². The second-order valence-electron chi connectivity index (χ2n) is 1.70. The number of hydrogen-bond donors (Lipinski definition) is 0. The monoisotopic (exact) mass is 102 g/mol. The van der Waals surface area contributed by atoms with Gasteiger partial charge in [-0.15, -0.1) is 11.8 Å². The standard InChI is InChI=1S/C4H6OS/c1-2-6-4-3(1)5-4/h3-4H,1-2H2. The van der Waals surface area contributed by atoms with Crippen molar-refractivity contribution in [1.29, 1.82) is 0 Å². The van der Waals surface area contributed by atoms with E-state index in [1.807, 2.05) is 11.8 Å². The zero-order chi connectivity index (χ0) is 3.98. The van der Waals surface area contributed by atoms with Gasteiger partial charge in [-0.25, -0.2) is 0 Å². The molecular formula is C4H6OS. The van der Waals surface area contributed by atoms with E-state index in [1.165, 1.54) is 12.2 Å². The molecule has 2 atom stereocenters. The van der Waals surface area contributed by atoms with Crippen LogP contribution in [0.25, 0.3) is 0 Å². The molecule has 0 aromatic rings. The van der Waals surface area contributed by atoms with Gasteiger partial charge in [0.15, 0.2) is 0 Å². The minimum Gasteiger partial charge on any atom is -0.358 e. The molecule has 2 rings (SSSR count). The van der Waals surface area contributed by atoms with Crippen LogP contribution in [-0.2, 0) is 4.74 Å². The Morgan fingerprint density at radius 3 is 2.83 bits per heavy atom. The van der Waals surface area contributed by atoms with Crippen LogP contribution in [0.5, 0.6) is 0 Å². The normalized spacial score (nSPS) is 52.0. The molecule has 0 N–H and O–H groups in total. The van der Waals surface area contributed by atoms with E-state index >= 15 is 0 Å². The lowest BCUT2D eigenvalue weighted by Gasteiger charge is -1.82. The maximum Gasteiger partial charge on any atom is 0.130 e. The molecule has 2 aliphatic rings. The first-order valence-corrected chi connectivity index (χ1v) is 3.29. The Kier molecular flexibility index (Phi) is 0.515. The van der Waals surface area contributed by atoms with E-state index in [2.05, 4.69) is 0 Å². The molecular weight excluding hydrogens is 96.1 g/mol. The summed E-state index contributed by atoms with van der Waals surface area (Å²) >= 11 is 1.95. The maximum atomic E-state index is 5.12. The van der Waals surface area contributed by atoms with Gasteiger partial charge >= 0.3 is 0 Å². The van der Waals surface area contributed by atoms with Gasteiger partial charge in [-0.1, -0.05) is 0 Å². The molecule has 0 aromatic heterocycles. The summed E-state index contributed by atoms with van der Waals surface area (Å²) in [5.74, 6) is 1.33. The third kappa shape index (κ3) is 0.312. The Bertz CT molecular complexity index is 65.9. The molecule has 2 unspecified atom stereocenters. The SMILES string of the molecule is C1CC2OC2S1. The van der Waals surface area contributed by atoms with Crippen molar-refractivity contribution in [2.24, 2.45) is 0 Å². The highest BCUT2D eigenvalue weighted by atomic mass is 32.2. The zero-order valence-corrected chi connectivity index (χ0v) is 4.20. The highest BCUT2D eigenvalue weighted by Gasteiger charge is 2.43. The van der Waals surface area contributed by atoms with Crippen LogP contribution in [0.15, 0.2) is 0 Å². The number of hydrogen-bond acceptors (Lipinski definition) is 2. The molecule has 2 fully saturated rings. The Morgan fingerprint density at radius 1 is 1.67 bits per heavy atom. The van der Waals surface area contributed by atoms with E-state index in [4.69, 9.17) is 4.74 Å². The van der Waals surface area contributed by atoms with Crippen LogP contribution < -0.4 is 0 Å². The minimum absolute atomic E-state index is 0.630. The number of ether oxygens (including phenoxy) is 1. The predicted molar refractivity (Wildman–Crippen MR) is 25.7 cm³/mol. The van der Waals surface area contributed by atoms with Gasteiger partial charge in [-0.3, -0.25) is 0 Å². The summed E-state index contributed by atoms with van der Waals surface area (Å²) in [5, 5.41) is 0. The van der Waals surface area contributed by atoms with E-state index in [0.29, 0.717) is 11.5 Å². The van der Waals surface area contributed by atoms with Gasteiger partial charge in [0.1, 0.15) is 5.44 Å². The lowest BCUT2D eigenvalue weighted by atomic mass is 10.4. The summed E-state index contributed by atoms with van der Waals surface area (Å²) in [4.78, 5) is 0. The van der Waals surface area contributed by atoms with Crippen molar-refractivity contribution in [3.05, 3.63) is 0 Å². The summed E-state index contributed by atoms with van der Waals surface area (Å²) in [6.07, 6.45) is 1.98. The summed E-state index contributed by atoms with van der Waals surface area (Å²) < 4.78 is 5.12. The lowest BCUT2D eigenvalue weighted by molar-refractivity contribution is 0.390. The van der Waals surface area contributed by atoms with Crippen molar-refractivity contribution in [2.75, 3.05) is 5.75 Å². The van der Waals surface area contributed by atoms with Crippen molar-refractivity contribution in [2.45, 2.75) is 18.0 Å². The summed E-state index contributed by atoms with van der Waals surface area (Å²) in [5.41, 5.74) is 0.630. The fourth-order valence-corrected chi connectivity index (χ4v) is 1.95. The molecule has 6 heavy (non-hydrogen) atoms. The van der Waals surface area contributed by atoms with Gasteiger partial charge in [0.05, 0.1) is 6.10 Å². The fourth-order valence-electron chi connectivity index (χ4n) is 0.778. The van der Waals surface area contributed by atoms with Gasteiger partial charge in [-0.05, 0) is 12.2 Å². The van der Waals surface area contributed by atoms with Crippen molar-refractivity contribution in [1.82, 2.24) is 0 Å². The van der Waals surface area contributed by atoms with Gasteiger partial charge in [0, 0.05) is 0 Å². The van der Waals surface area contributed by atoms with E-state index in [1.54, 1.807) is 0 Å². The fraction of sp³-hybridized carbons (Fsp3) is 1.00. The predicted octanol–water partition coefficient (Wildman–Crippen LogP) is 0.848.